The number of furan rings is 2. The van der Waals surface area contributed by atoms with Crippen molar-refractivity contribution in [2.75, 3.05) is 0 Å². The Morgan fingerprint density at radius 3 is 1.62 bits per heavy atom. The zero-order chi connectivity index (χ0) is 33.0. The molecule has 0 saturated heterocycles. The highest BCUT2D eigenvalue weighted by molar-refractivity contribution is 6.13. The van der Waals surface area contributed by atoms with Gasteiger partial charge in [-0.3, -0.25) is 0 Å². The van der Waals surface area contributed by atoms with Gasteiger partial charge in [0, 0.05) is 38.2 Å². The fourth-order valence-corrected chi connectivity index (χ4v) is 6.91. The maximum atomic E-state index is 6.51. The van der Waals surface area contributed by atoms with Crippen LogP contribution in [0.4, 0.5) is 0 Å². The fourth-order valence-electron chi connectivity index (χ4n) is 6.91. The zero-order valence-corrected chi connectivity index (χ0v) is 26.7. The molecule has 0 bridgehead atoms. The summed E-state index contributed by atoms with van der Waals surface area (Å²) < 4.78 is 12.8. The van der Waals surface area contributed by atoms with E-state index in [-0.39, 0.29) is 0 Å². The first-order valence-corrected chi connectivity index (χ1v) is 16.6. The first kappa shape index (κ1) is 28.2. The van der Waals surface area contributed by atoms with Crippen molar-refractivity contribution >= 4 is 43.9 Å². The maximum absolute atomic E-state index is 6.51. The molecule has 0 radical (unpaired) electrons. The molecule has 0 N–H and O–H groups in total. The summed E-state index contributed by atoms with van der Waals surface area (Å²) in [7, 11) is 0. The second-order valence-corrected chi connectivity index (χ2v) is 12.4. The standard InChI is InChI=1S/C45H27N3O2/c1-3-12-28(13-4-1)30-16-11-17-31(24-30)33-25-37(42-36-19-8-10-21-39(36)50-41(42)27-33)45-47-43(29-14-5-2-6-15-29)46-44(48-45)32-22-23-35-34-18-7-9-20-38(34)49-40(35)26-32/h1-27H. The molecule has 10 aromatic rings. The zero-order valence-electron chi connectivity index (χ0n) is 26.7. The van der Waals surface area contributed by atoms with Gasteiger partial charge in [-0.25, -0.2) is 15.0 Å². The van der Waals surface area contributed by atoms with Crippen molar-refractivity contribution in [3.05, 3.63) is 164 Å². The lowest BCUT2D eigenvalue weighted by molar-refractivity contribution is 0.668. The summed E-state index contributed by atoms with van der Waals surface area (Å²) in [4.78, 5) is 15.4. The molecule has 0 spiro atoms. The van der Waals surface area contributed by atoms with Crippen LogP contribution in [0, 0.1) is 0 Å². The van der Waals surface area contributed by atoms with Crippen LogP contribution in [-0.4, -0.2) is 15.0 Å². The minimum Gasteiger partial charge on any atom is -0.456 e. The number of aromatic nitrogens is 3. The number of fused-ring (bicyclic) bond motifs is 6. The van der Waals surface area contributed by atoms with E-state index in [1.165, 1.54) is 0 Å². The van der Waals surface area contributed by atoms with E-state index in [9.17, 15) is 0 Å². The van der Waals surface area contributed by atoms with E-state index in [1.54, 1.807) is 0 Å². The van der Waals surface area contributed by atoms with Crippen molar-refractivity contribution in [1.29, 1.82) is 0 Å². The van der Waals surface area contributed by atoms with Gasteiger partial charge in [-0.1, -0.05) is 121 Å². The van der Waals surface area contributed by atoms with Gasteiger partial charge in [0.15, 0.2) is 17.5 Å². The Bertz CT molecular complexity index is 2870. The molecule has 3 heterocycles. The molecule has 0 unspecified atom stereocenters. The van der Waals surface area contributed by atoms with Crippen LogP contribution < -0.4 is 0 Å². The summed E-state index contributed by atoms with van der Waals surface area (Å²) in [5.74, 6) is 1.72. The minimum absolute atomic E-state index is 0.564. The lowest BCUT2D eigenvalue weighted by atomic mass is 9.95. The topological polar surface area (TPSA) is 65.0 Å². The van der Waals surface area contributed by atoms with Crippen molar-refractivity contribution in [2.45, 2.75) is 0 Å². The maximum Gasteiger partial charge on any atom is 0.164 e. The van der Waals surface area contributed by atoms with E-state index < -0.39 is 0 Å². The van der Waals surface area contributed by atoms with Crippen molar-refractivity contribution in [3.63, 3.8) is 0 Å². The summed E-state index contributed by atoms with van der Waals surface area (Å²) in [5, 5.41) is 4.11. The third-order valence-electron chi connectivity index (χ3n) is 9.33. The smallest absolute Gasteiger partial charge is 0.164 e. The molecule has 234 valence electrons. The number of para-hydroxylation sites is 2. The highest BCUT2D eigenvalue weighted by Crippen LogP contribution is 2.41. The van der Waals surface area contributed by atoms with Gasteiger partial charge in [0.2, 0.25) is 0 Å². The molecule has 7 aromatic carbocycles. The van der Waals surface area contributed by atoms with E-state index in [0.29, 0.717) is 17.5 Å². The van der Waals surface area contributed by atoms with E-state index in [1.807, 2.05) is 78.9 Å². The lowest BCUT2D eigenvalue weighted by Gasteiger charge is -2.12. The third-order valence-corrected chi connectivity index (χ3v) is 9.33. The fraction of sp³-hybridized carbons (Fsp3) is 0. The Labute approximate surface area is 287 Å². The first-order chi connectivity index (χ1) is 24.7. The van der Waals surface area contributed by atoms with Gasteiger partial charge < -0.3 is 8.83 Å². The highest BCUT2D eigenvalue weighted by atomic mass is 16.3. The Hall–Kier alpha value is -6.85. The Morgan fingerprint density at radius 1 is 0.300 bits per heavy atom. The molecule has 0 aliphatic rings. The number of nitrogens with zero attached hydrogens (tertiary/aromatic N) is 3. The van der Waals surface area contributed by atoms with Crippen LogP contribution in [0.15, 0.2) is 173 Å². The molecule has 50 heavy (non-hydrogen) atoms. The predicted octanol–water partition coefficient (Wildman–Crippen LogP) is 12.0. The SMILES string of the molecule is c1ccc(-c2cccc(-c3cc(-c4nc(-c5ccccc5)nc(-c5ccc6c(c5)oc5ccccc56)n4)c4c(c3)oc3ccccc34)c2)cc1. The van der Waals surface area contributed by atoms with Gasteiger partial charge >= 0.3 is 0 Å². The predicted molar refractivity (Wildman–Crippen MR) is 202 cm³/mol. The largest absolute Gasteiger partial charge is 0.456 e. The second-order valence-electron chi connectivity index (χ2n) is 12.4. The molecule has 0 saturated carbocycles. The monoisotopic (exact) mass is 641 g/mol. The van der Waals surface area contributed by atoms with Crippen LogP contribution in [0.3, 0.4) is 0 Å². The summed E-state index contributed by atoms with van der Waals surface area (Å²) in [6.07, 6.45) is 0. The summed E-state index contributed by atoms with van der Waals surface area (Å²) in [6, 6.07) is 55.8. The van der Waals surface area contributed by atoms with E-state index in [0.717, 1.165) is 82.8 Å². The summed E-state index contributed by atoms with van der Waals surface area (Å²) >= 11 is 0. The molecular weight excluding hydrogens is 615 g/mol. The highest BCUT2D eigenvalue weighted by Gasteiger charge is 2.20. The van der Waals surface area contributed by atoms with E-state index >= 15 is 0 Å². The molecule has 10 rings (SSSR count). The number of hydrogen-bond donors (Lipinski definition) is 0. The molecule has 3 aromatic heterocycles. The van der Waals surface area contributed by atoms with Gasteiger partial charge in [0.25, 0.3) is 0 Å². The first-order valence-electron chi connectivity index (χ1n) is 16.6. The van der Waals surface area contributed by atoms with Crippen molar-refractivity contribution in [2.24, 2.45) is 0 Å². The molecule has 0 aliphatic heterocycles. The van der Waals surface area contributed by atoms with Crippen LogP contribution in [0.2, 0.25) is 0 Å². The van der Waals surface area contributed by atoms with Gasteiger partial charge in [-0.2, -0.15) is 0 Å². The second kappa shape index (κ2) is 11.4. The Kier molecular flexibility index (Phi) is 6.42. The van der Waals surface area contributed by atoms with Gasteiger partial charge in [0.1, 0.15) is 22.3 Å². The Balaban J connectivity index is 1.22. The van der Waals surface area contributed by atoms with Crippen LogP contribution in [-0.2, 0) is 0 Å². The number of rotatable bonds is 5. The average Bonchev–Trinajstić information content (AvgIpc) is 3.76. The normalized spacial score (nSPS) is 11.6. The van der Waals surface area contributed by atoms with Crippen LogP contribution in [0.25, 0.3) is 100 Å². The molecule has 5 heteroatoms. The molecule has 0 amide bonds. The number of benzene rings is 7. The molecule has 0 aliphatic carbocycles. The Morgan fingerprint density at radius 2 is 0.840 bits per heavy atom. The molecular formula is C45H27N3O2. The minimum atomic E-state index is 0.564. The van der Waals surface area contributed by atoms with Crippen LogP contribution in [0.1, 0.15) is 0 Å². The van der Waals surface area contributed by atoms with Crippen LogP contribution in [0.5, 0.6) is 0 Å². The van der Waals surface area contributed by atoms with Crippen molar-refractivity contribution < 1.29 is 8.83 Å². The van der Waals surface area contributed by atoms with Gasteiger partial charge in [-0.05, 0) is 64.7 Å². The van der Waals surface area contributed by atoms with Crippen molar-refractivity contribution in [1.82, 2.24) is 15.0 Å². The third kappa shape index (κ3) is 4.75. The van der Waals surface area contributed by atoms with Crippen molar-refractivity contribution in [3.8, 4) is 56.4 Å². The summed E-state index contributed by atoms with van der Waals surface area (Å²) in [6.45, 7) is 0. The van der Waals surface area contributed by atoms with E-state index in [2.05, 4.69) is 84.9 Å². The summed E-state index contributed by atoms with van der Waals surface area (Å²) in [5.41, 5.74) is 10.2. The van der Waals surface area contributed by atoms with Gasteiger partial charge in [0.05, 0.1) is 0 Å². The molecule has 0 atom stereocenters. The van der Waals surface area contributed by atoms with E-state index in [4.69, 9.17) is 23.8 Å². The lowest BCUT2D eigenvalue weighted by Crippen LogP contribution is -2.00. The molecule has 5 nitrogen and oxygen atoms in total. The van der Waals surface area contributed by atoms with Crippen LogP contribution >= 0.6 is 0 Å². The average molecular weight is 642 g/mol. The number of hydrogen-bond acceptors (Lipinski definition) is 5. The molecule has 0 fully saturated rings. The quantitative estimate of drug-likeness (QED) is 0.187. The van der Waals surface area contributed by atoms with Gasteiger partial charge in [-0.15, -0.1) is 0 Å².